The highest BCUT2D eigenvalue weighted by Crippen LogP contribution is 2.23. The van der Waals surface area contributed by atoms with Gasteiger partial charge in [0.05, 0.1) is 4.92 Å². The molecule has 1 aromatic rings. The Bertz CT molecular complexity index is 488. The van der Waals surface area contributed by atoms with Gasteiger partial charge in [0.25, 0.3) is 5.69 Å². The maximum atomic E-state index is 11.3. The standard InChI is InChI=1S/C14H20N2O4/c1-3-5-9-15(4-2)10-11-7-6-8-12(16(19)20)13(11)14(17)18/h6-8H,3-5,9-10H2,1-2H3,(H,17,18). The van der Waals surface area contributed by atoms with Gasteiger partial charge in [-0.25, -0.2) is 4.79 Å². The number of rotatable bonds is 8. The van der Waals surface area contributed by atoms with Crippen molar-refractivity contribution in [2.24, 2.45) is 0 Å². The maximum Gasteiger partial charge on any atom is 0.343 e. The molecule has 0 aliphatic carbocycles. The van der Waals surface area contributed by atoms with Crippen molar-refractivity contribution < 1.29 is 14.8 Å². The van der Waals surface area contributed by atoms with Crippen LogP contribution in [0, 0.1) is 10.1 Å². The van der Waals surface area contributed by atoms with Crippen LogP contribution in [0.15, 0.2) is 18.2 Å². The van der Waals surface area contributed by atoms with E-state index in [1.54, 1.807) is 6.07 Å². The zero-order valence-corrected chi connectivity index (χ0v) is 11.8. The molecule has 0 saturated heterocycles. The molecular formula is C14H20N2O4. The zero-order valence-electron chi connectivity index (χ0n) is 11.8. The van der Waals surface area contributed by atoms with Crippen molar-refractivity contribution in [2.75, 3.05) is 13.1 Å². The summed E-state index contributed by atoms with van der Waals surface area (Å²) in [5, 5.41) is 20.2. The molecule has 1 rings (SSSR count). The van der Waals surface area contributed by atoms with E-state index in [9.17, 15) is 20.0 Å². The van der Waals surface area contributed by atoms with Crippen molar-refractivity contribution in [1.82, 2.24) is 4.90 Å². The Balaban J connectivity index is 3.07. The van der Waals surface area contributed by atoms with Gasteiger partial charge in [-0.1, -0.05) is 32.4 Å². The maximum absolute atomic E-state index is 11.3. The van der Waals surface area contributed by atoms with Crippen LogP contribution in [-0.2, 0) is 6.54 Å². The molecule has 0 amide bonds. The highest BCUT2D eigenvalue weighted by Gasteiger charge is 2.24. The van der Waals surface area contributed by atoms with Crippen molar-refractivity contribution in [1.29, 1.82) is 0 Å². The van der Waals surface area contributed by atoms with E-state index >= 15 is 0 Å². The van der Waals surface area contributed by atoms with E-state index in [1.807, 2.05) is 6.92 Å². The summed E-state index contributed by atoms with van der Waals surface area (Å²) in [6.07, 6.45) is 2.07. The summed E-state index contributed by atoms with van der Waals surface area (Å²) in [5.74, 6) is -1.25. The minimum atomic E-state index is -1.25. The van der Waals surface area contributed by atoms with Crippen LogP contribution in [0.3, 0.4) is 0 Å². The molecule has 1 aromatic carbocycles. The van der Waals surface area contributed by atoms with Gasteiger partial charge in [0.1, 0.15) is 5.56 Å². The summed E-state index contributed by atoms with van der Waals surface area (Å²) >= 11 is 0. The van der Waals surface area contributed by atoms with Gasteiger partial charge >= 0.3 is 5.97 Å². The summed E-state index contributed by atoms with van der Waals surface area (Å²) in [4.78, 5) is 23.7. The number of nitro benzene ring substituents is 1. The van der Waals surface area contributed by atoms with E-state index in [4.69, 9.17) is 0 Å². The number of carboxylic acid groups (broad SMARTS) is 1. The second-order valence-corrected chi connectivity index (χ2v) is 4.60. The lowest BCUT2D eigenvalue weighted by Crippen LogP contribution is -2.25. The molecule has 0 radical (unpaired) electrons. The number of nitro groups is 1. The Kier molecular flexibility index (Phi) is 6.11. The third-order valence-electron chi connectivity index (χ3n) is 3.21. The number of carbonyl (C=O) groups is 1. The molecule has 0 heterocycles. The van der Waals surface area contributed by atoms with E-state index in [1.165, 1.54) is 12.1 Å². The van der Waals surface area contributed by atoms with Gasteiger partial charge in [0, 0.05) is 12.6 Å². The first-order valence-electron chi connectivity index (χ1n) is 6.73. The monoisotopic (exact) mass is 280 g/mol. The molecule has 0 aromatic heterocycles. The predicted molar refractivity (Wildman–Crippen MR) is 75.9 cm³/mol. The number of hydrogen-bond donors (Lipinski definition) is 1. The van der Waals surface area contributed by atoms with E-state index in [2.05, 4.69) is 11.8 Å². The van der Waals surface area contributed by atoms with Crippen LogP contribution in [0.5, 0.6) is 0 Å². The largest absolute Gasteiger partial charge is 0.477 e. The first-order chi connectivity index (χ1) is 9.51. The lowest BCUT2D eigenvalue weighted by Gasteiger charge is -2.21. The highest BCUT2D eigenvalue weighted by atomic mass is 16.6. The Labute approximate surface area is 118 Å². The molecule has 0 saturated carbocycles. The summed E-state index contributed by atoms with van der Waals surface area (Å²) in [6.45, 7) is 6.13. The lowest BCUT2D eigenvalue weighted by atomic mass is 10.0. The number of nitrogens with zero attached hydrogens (tertiary/aromatic N) is 2. The summed E-state index contributed by atoms with van der Waals surface area (Å²) in [7, 11) is 0. The van der Waals surface area contributed by atoms with E-state index in [0.29, 0.717) is 12.1 Å². The summed E-state index contributed by atoms with van der Waals surface area (Å²) < 4.78 is 0. The molecule has 0 atom stereocenters. The average Bonchev–Trinajstić information content (AvgIpc) is 2.42. The van der Waals surface area contributed by atoms with Gasteiger partial charge in [-0.3, -0.25) is 15.0 Å². The fraction of sp³-hybridized carbons (Fsp3) is 0.500. The number of hydrogen-bond acceptors (Lipinski definition) is 4. The van der Waals surface area contributed by atoms with E-state index in [-0.39, 0.29) is 11.3 Å². The van der Waals surface area contributed by atoms with Crippen LogP contribution in [-0.4, -0.2) is 34.0 Å². The molecule has 0 spiro atoms. The molecule has 20 heavy (non-hydrogen) atoms. The lowest BCUT2D eigenvalue weighted by molar-refractivity contribution is -0.385. The van der Waals surface area contributed by atoms with Gasteiger partial charge in [0.15, 0.2) is 0 Å². The minimum Gasteiger partial charge on any atom is -0.477 e. The fourth-order valence-corrected chi connectivity index (χ4v) is 2.09. The third kappa shape index (κ3) is 4.03. The van der Waals surface area contributed by atoms with Crippen molar-refractivity contribution >= 4 is 11.7 Å². The molecule has 0 fully saturated rings. The number of carboxylic acids is 1. The molecule has 1 N–H and O–H groups in total. The molecule has 0 unspecified atom stereocenters. The van der Waals surface area contributed by atoms with Crippen LogP contribution >= 0.6 is 0 Å². The Morgan fingerprint density at radius 2 is 2.10 bits per heavy atom. The van der Waals surface area contributed by atoms with Gasteiger partial charge in [-0.2, -0.15) is 0 Å². The topological polar surface area (TPSA) is 83.7 Å². The Morgan fingerprint density at radius 3 is 2.60 bits per heavy atom. The molecular weight excluding hydrogens is 260 g/mol. The third-order valence-corrected chi connectivity index (χ3v) is 3.21. The molecule has 6 nitrogen and oxygen atoms in total. The van der Waals surface area contributed by atoms with E-state index in [0.717, 1.165) is 25.9 Å². The van der Waals surface area contributed by atoms with Crippen LogP contribution in [0.1, 0.15) is 42.6 Å². The van der Waals surface area contributed by atoms with Crippen molar-refractivity contribution in [2.45, 2.75) is 33.2 Å². The average molecular weight is 280 g/mol. The van der Waals surface area contributed by atoms with Crippen LogP contribution < -0.4 is 0 Å². The first kappa shape index (κ1) is 16.1. The highest BCUT2D eigenvalue weighted by molar-refractivity contribution is 5.94. The zero-order chi connectivity index (χ0) is 15.1. The normalized spacial score (nSPS) is 10.8. The van der Waals surface area contributed by atoms with Crippen molar-refractivity contribution in [3.8, 4) is 0 Å². The Morgan fingerprint density at radius 1 is 1.40 bits per heavy atom. The second kappa shape index (κ2) is 7.59. The molecule has 0 bridgehead atoms. The number of benzene rings is 1. The van der Waals surface area contributed by atoms with E-state index < -0.39 is 10.9 Å². The van der Waals surface area contributed by atoms with Crippen LogP contribution in [0.25, 0.3) is 0 Å². The van der Waals surface area contributed by atoms with Gasteiger partial charge in [0.2, 0.25) is 0 Å². The van der Waals surface area contributed by atoms with Gasteiger partial charge in [-0.15, -0.1) is 0 Å². The fourth-order valence-electron chi connectivity index (χ4n) is 2.09. The van der Waals surface area contributed by atoms with Crippen LogP contribution in [0.2, 0.25) is 0 Å². The van der Waals surface area contributed by atoms with Crippen LogP contribution in [0.4, 0.5) is 5.69 Å². The van der Waals surface area contributed by atoms with Gasteiger partial charge in [-0.05, 0) is 25.1 Å². The number of aromatic carboxylic acids is 1. The van der Waals surface area contributed by atoms with Crippen molar-refractivity contribution in [3.05, 3.63) is 39.4 Å². The number of unbranched alkanes of at least 4 members (excludes halogenated alkanes) is 1. The van der Waals surface area contributed by atoms with Crippen molar-refractivity contribution in [3.63, 3.8) is 0 Å². The second-order valence-electron chi connectivity index (χ2n) is 4.60. The minimum absolute atomic E-state index is 0.201. The Hall–Kier alpha value is -1.95. The molecule has 0 aliphatic heterocycles. The summed E-state index contributed by atoms with van der Waals surface area (Å²) in [6, 6.07) is 4.41. The predicted octanol–water partition coefficient (Wildman–Crippen LogP) is 2.92. The quantitative estimate of drug-likeness (QED) is 0.584. The van der Waals surface area contributed by atoms with Gasteiger partial charge < -0.3 is 5.11 Å². The molecule has 6 heteroatoms. The molecule has 110 valence electrons. The smallest absolute Gasteiger partial charge is 0.343 e. The first-order valence-corrected chi connectivity index (χ1v) is 6.73. The SMILES string of the molecule is CCCCN(CC)Cc1cccc([N+](=O)[O-])c1C(=O)O. The molecule has 0 aliphatic rings. The summed E-state index contributed by atoms with van der Waals surface area (Å²) in [5.41, 5.74) is -0.0568.